The number of H-pyrrole nitrogens is 1. The lowest BCUT2D eigenvalue weighted by Gasteiger charge is -2.36. The van der Waals surface area contributed by atoms with Crippen LogP contribution in [0.2, 0.25) is 0 Å². The van der Waals surface area contributed by atoms with Gasteiger partial charge in [-0.2, -0.15) is 0 Å². The Labute approximate surface area is 215 Å². The van der Waals surface area contributed by atoms with E-state index in [2.05, 4.69) is 44.5 Å². The van der Waals surface area contributed by atoms with Gasteiger partial charge in [0.05, 0.1) is 24.6 Å². The number of aromatic amines is 1. The van der Waals surface area contributed by atoms with Gasteiger partial charge in [0, 0.05) is 18.7 Å². The van der Waals surface area contributed by atoms with Crippen LogP contribution in [0.3, 0.4) is 0 Å². The summed E-state index contributed by atoms with van der Waals surface area (Å²) in [5, 5.41) is 13.7. The minimum atomic E-state index is -0.462. The number of likely N-dealkylation sites (tertiary alicyclic amines) is 1. The van der Waals surface area contributed by atoms with Gasteiger partial charge in [-0.05, 0) is 72.7 Å². The van der Waals surface area contributed by atoms with Gasteiger partial charge in [0.1, 0.15) is 6.04 Å². The van der Waals surface area contributed by atoms with Crippen molar-refractivity contribution in [2.24, 2.45) is 5.92 Å². The molecule has 3 heterocycles. The van der Waals surface area contributed by atoms with E-state index >= 15 is 0 Å². The molecule has 0 amide bonds. The third kappa shape index (κ3) is 5.17. The van der Waals surface area contributed by atoms with Crippen LogP contribution >= 0.6 is 0 Å². The molecule has 1 aliphatic rings. The van der Waals surface area contributed by atoms with Gasteiger partial charge in [-0.1, -0.05) is 42.0 Å². The van der Waals surface area contributed by atoms with E-state index in [4.69, 9.17) is 4.74 Å². The number of fused-ring (bicyclic) bond motifs is 1. The number of carbonyl (C=O) groups excluding carboxylic acids is 1. The first-order chi connectivity index (χ1) is 17.9. The number of carbonyl (C=O) groups is 1. The van der Waals surface area contributed by atoms with Crippen LogP contribution in [0.5, 0.6) is 0 Å². The number of hydrogen-bond acceptors (Lipinski definition) is 7. The van der Waals surface area contributed by atoms with Gasteiger partial charge in [-0.25, -0.2) is 4.68 Å². The number of nitrogens with zero attached hydrogens (tertiary/aromatic N) is 5. The van der Waals surface area contributed by atoms with E-state index in [1.54, 1.807) is 4.68 Å². The number of benzene rings is 2. The van der Waals surface area contributed by atoms with Crippen LogP contribution in [0.15, 0.2) is 53.3 Å². The Bertz CT molecular complexity index is 1450. The normalized spacial score (nSPS) is 15.6. The molecule has 0 unspecified atom stereocenters. The number of rotatable bonds is 7. The quantitative estimate of drug-likeness (QED) is 0.387. The summed E-state index contributed by atoms with van der Waals surface area (Å²) >= 11 is 0. The summed E-state index contributed by atoms with van der Waals surface area (Å²) in [6.45, 7) is 7.99. The topological polar surface area (TPSA) is 106 Å². The van der Waals surface area contributed by atoms with Crippen LogP contribution in [-0.4, -0.2) is 55.8 Å². The van der Waals surface area contributed by atoms with Crippen molar-refractivity contribution in [1.82, 2.24) is 30.1 Å². The van der Waals surface area contributed by atoms with Crippen molar-refractivity contribution in [2.75, 3.05) is 19.7 Å². The Kier molecular flexibility index (Phi) is 7.14. The number of tetrazole rings is 1. The van der Waals surface area contributed by atoms with E-state index in [-0.39, 0.29) is 17.4 Å². The van der Waals surface area contributed by atoms with Gasteiger partial charge in [-0.3, -0.25) is 14.5 Å². The van der Waals surface area contributed by atoms with Crippen molar-refractivity contribution in [1.29, 1.82) is 0 Å². The molecule has 1 saturated heterocycles. The molecule has 0 aliphatic carbocycles. The lowest BCUT2D eigenvalue weighted by atomic mass is 9.93. The zero-order valence-corrected chi connectivity index (χ0v) is 21.5. The molecule has 192 valence electrons. The Balaban J connectivity index is 1.56. The van der Waals surface area contributed by atoms with Crippen LogP contribution in [-0.2, 0) is 16.1 Å². The molecule has 0 bridgehead atoms. The van der Waals surface area contributed by atoms with E-state index in [9.17, 15) is 9.59 Å². The monoisotopic (exact) mass is 500 g/mol. The number of piperidine rings is 1. The maximum Gasteiger partial charge on any atom is 0.309 e. The second-order valence-electron chi connectivity index (χ2n) is 9.75. The number of nitrogens with one attached hydrogen (secondary N) is 1. The third-order valence-corrected chi connectivity index (χ3v) is 7.11. The van der Waals surface area contributed by atoms with E-state index in [0.717, 1.165) is 27.6 Å². The van der Waals surface area contributed by atoms with Gasteiger partial charge in [0.25, 0.3) is 5.56 Å². The molecule has 0 saturated carbocycles. The first-order valence-electron chi connectivity index (χ1n) is 12.8. The highest BCUT2D eigenvalue weighted by molar-refractivity contribution is 5.83. The predicted molar refractivity (Wildman–Crippen MR) is 140 cm³/mol. The van der Waals surface area contributed by atoms with Crippen molar-refractivity contribution in [3.63, 3.8) is 0 Å². The molecule has 1 atom stereocenters. The lowest BCUT2D eigenvalue weighted by Crippen LogP contribution is -2.42. The molecule has 9 heteroatoms. The fourth-order valence-corrected chi connectivity index (χ4v) is 5.34. The van der Waals surface area contributed by atoms with Crippen molar-refractivity contribution in [3.8, 4) is 0 Å². The van der Waals surface area contributed by atoms with Crippen molar-refractivity contribution in [3.05, 3.63) is 87.0 Å². The molecule has 1 aliphatic heterocycles. The summed E-state index contributed by atoms with van der Waals surface area (Å²) in [5.41, 5.74) is 4.49. The van der Waals surface area contributed by atoms with Crippen LogP contribution in [0, 0.1) is 19.8 Å². The average molecular weight is 501 g/mol. The molecule has 37 heavy (non-hydrogen) atoms. The lowest BCUT2D eigenvalue weighted by molar-refractivity contribution is -0.149. The number of aromatic nitrogens is 5. The molecule has 2 aromatic heterocycles. The number of esters is 1. The van der Waals surface area contributed by atoms with Crippen molar-refractivity contribution >= 4 is 16.9 Å². The van der Waals surface area contributed by atoms with Crippen LogP contribution in [0.4, 0.5) is 0 Å². The number of aryl methyl sites for hydroxylation is 2. The second kappa shape index (κ2) is 10.6. The van der Waals surface area contributed by atoms with E-state index in [0.29, 0.717) is 50.5 Å². The largest absolute Gasteiger partial charge is 0.466 e. The second-order valence-corrected chi connectivity index (χ2v) is 9.75. The maximum absolute atomic E-state index is 13.5. The Morgan fingerprint density at radius 3 is 2.62 bits per heavy atom. The average Bonchev–Trinajstić information content (AvgIpc) is 3.33. The number of pyridine rings is 1. The van der Waals surface area contributed by atoms with Gasteiger partial charge < -0.3 is 9.72 Å². The molecule has 0 spiro atoms. The zero-order chi connectivity index (χ0) is 25.9. The number of hydrogen-bond donors (Lipinski definition) is 1. The maximum atomic E-state index is 13.5. The first-order valence-corrected chi connectivity index (χ1v) is 12.8. The molecule has 2 aromatic carbocycles. The molecular formula is C28H32N6O3. The molecule has 4 aromatic rings. The van der Waals surface area contributed by atoms with Gasteiger partial charge in [0.2, 0.25) is 0 Å². The standard InChI is InChI=1S/C28H32N6O3/c1-4-37-28(36)21-10-12-33(13-11-21)25(26-30-31-32-34(26)17-20-8-6-5-7-9-20)23-16-22-15-18(2)14-19(3)24(22)29-27(23)35/h5-9,14-16,21,25H,4,10-13,17H2,1-3H3,(H,29,35)/t25-/m0/s1. The fraction of sp³-hybridized carbons (Fsp3) is 0.393. The summed E-state index contributed by atoms with van der Waals surface area (Å²) in [5.74, 6) is 0.312. The van der Waals surface area contributed by atoms with Crippen LogP contribution < -0.4 is 5.56 Å². The van der Waals surface area contributed by atoms with Crippen molar-refractivity contribution in [2.45, 2.75) is 46.2 Å². The minimum absolute atomic E-state index is 0.141. The van der Waals surface area contributed by atoms with E-state index < -0.39 is 6.04 Å². The van der Waals surface area contributed by atoms with Gasteiger partial charge in [0.15, 0.2) is 5.82 Å². The summed E-state index contributed by atoms with van der Waals surface area (Å²) < 4.78 is 7.03. The molecule has 9 nitrogen and oxygen atoms in total. The third-order valence-electron chi connectivity index (χ3n) is 7.11. The van der Waals surface area contributed by atoms with E-state index in [1.807, 2.05) is 50.2 Å². The van der Waals surface area contributed by atoms with Crippen LogP contribution in [0.1, 0.15) is 53.9 Å². The molecule has 1 fully saturated rings. The Morgan fingerprint density at radius 1 is 1.14 bits per heavy atom. The smallest absolute Gasteiger partial charge is 0.309 e. The summed E-state index contributed by atoms with van der Waals surface area (Å²) in [6, 6.07) is 15.6. The van der Waals surface area contributed by atoms with E-state index in [1.165, 1.54) is 0 Å². The van der Waals surface area contributed by atoms with Crippen LogP contribution in [0.25, 0.3) is 10.9 Å². The molecule has 5 rings (SSSR count). The molecule has 0 radical (unpaired) electrons. The highest BCUT2D eigenvalue weighted by Gasteiger charge is 2.35. The van der Waals surface area contributed by atoms with Crippen molar-refractivity contribution < 1.29 is 9.53 Å². The minimum Gasteiger partial charge on any atom is -0.466 e. The zero-order valence-electron chi connectivity index (χ0n) is 21.5. The summed E-state index contributed by atoms with van der Waals surface area (Å²) in [7, 11) is 0. The highest BCUT2D eigenvalue weighted by Crippen LogP contribution is 2.32. The Morgan fingerprint density at radius 2 is 1.89 bits per heavy atom. The summed E-state index contributed by atoms with van der Waals surface area (Å²) in [6.07, 6.45) is 1.30. The highest BCUT2D eigenvalue weighted by atomic mass is 16.5. The first kappa shape index (κ1) is 24.8. The van der Waals surface area contributed by atoms with Gasteiger partial charge >= 0.3 is 5.97 Å². The molecular weight excluding hydrogens is 468 g/mol. The molecule has 1 N–H and O–H groups in total. The SMILES string of the molecule is CCOC(=O)C1CCN([C@@H](c2cc3cc(C)cc(C)c3[nH]c2=O)c2nnnn2Cc2ccccc2)CC1. The fourth-order valence-electron chi connectivity index (χ4n) is 5.34. The number of ether oxygens (including phenoxy) is 1. The summed E-state index contributed by atoms with van der Waals surface area (Å²) in [4.78, 5) is 31.2. The van der Waals surface area contributed by atoms with Gasteiger partial charge in [-0.15, -0.1) is 5.10 Å². The predicted octanol–water partition coefficient (Wildman–Crippen LogP) is 3.54. The Hall–Kier alpha value is -3.85.